The van der Waals surface area contributed by atoms with Crippen LogP contribution in [0.2, 0.25) is 0 Å². The number of halogens is 6. The molecule has 0 radical (unpaired) electrons. The van der Waals surface area contributed by atoms with Crippen molar-refractivity contribution in [1.29, 1.82) is 0 Å². The van der Waals surface area contributed by atoms with Crippen molar-refractivity contribution < 1.29 is 41.0 Å². The van der Waals surface area contributed by atoms with Crippen LogP contribution >= 0.6 is 0 Å². The number of amides is 1. The standard InChI is InChI=1S/C14H15F3N6O.C2HF3O2/c1-23(7-8-3-18-4-8)13(24)11-6-19-10(5-20-11)9-2-12(22-21-9)14(15,16)17;3-2(4,5)1(6)7/h2,5-6,8,18H,3-4,7H2,1H3,(H,21,22);(H,6,7). The maximum Gasteiger partial charge on any atom is 0.490 e. The van der Waals surface area contributed by atoms with Gasteiger partial charge in [-0.25, -0.2) is 9.78 Å². The lowest BCUT2D eigenvalue weighted by Gasteiger charge is -2.31. The summed E-state index contributed by atoms with van der Waals surface area (Å²) in [5, 5.41) is 15.7. The van der Waals surface area contributed by atoms with E-state index in [0.29, 0.717) is 12.5 Å². The number of hydrogen-bond acceptors (Lipinski definition) is 6. The van der Waals surface area contributed by atoms with Crippen molar-refractivity contribution in [1.82, 2.24) is 30.4 Å². The number of alkyl halides is 6. The maximum absolute atomic E-state index is 12.6. The molecule has 9 nitrogen and oxygen atoms in total. The zero-order valence-electron chi connectivity index (χ0n) is 15.8. The van der Waals surface area contributed by atoms with E-state index in [1.165, 1.54) is 12.4 Å². The largest absolute Gasteiger partial charge is 0.490 e. The third kappa shape index (κ3) is 6.63. The van der Waals surface area contributed by atoms with Gasteiger partial charge in [0.25, 0.3) is 5.91 Å². The lowest BCUT2D eigenvalue weighted by molar-refractivity contribution is -0.192. The van der Waals surface area contributed by atoms with Gasteiger partial charge in [0.1, 0.15) is 22.8 Å². The Hall–Kier alpha value is -3.23. The Morgan fingerprint density at radius 2 is 1.74 bits per heavy atom. The van der Waals surface area contributed by atoms with Gasteiger partial charge >= 0.3 is 18.3 Å². The fourth-order valence-corrected chi connectivity index (χ4v) is 2.31. The predicted octanol–water partition coefficient (Wildman–Crippen LogP) is 1.81. The van der Waals surface area contributed by atoms with E-state index in [-0.39, 0.29) is 23.0 Å². The van der Waals surface area contributed by atoms with Crippen LogP contribution in [-0.4, -0.2) is 74.9 Å². The SMILES string of the molecule is CN(CC1CNC1)C(=O)c1cnc(-c2cc(C(F)(F)F)[nH]n2)cn1.O=C(O)C(F)(F)F. The predicted molar refractivity (Wildman–Crippen MR) is 91.6 cm³/mol. The number of aromatic nitrogens is 4. The van der Waals surface area contributed by atoms with E-state index in [1.807, 2.05) is 5.10 Å². The molecule has 0 aliphatic carbocycles. The van der Waals surface area contributed by atoms with Crippen LogP contribution in [-0.2, 0) is 11.0 Å². The van der Waals surface area contributed by atoms with Crippen LogP contribution < -0.4 is 5.32 Å². The Bertz CT molecular complexity index is 908. The lowest BCUT2D eigenvalue weighted by atomic mass is 10.0. The summed E-state index contributed by atoms with van der Waals surface area (Å²) in [6.07, 6.45) is -7.11. The number of carbonyl (C=O) groups is 2. The molecule has 3 heterocycles. The summed E-state index contributed by atoms with van der Waals surface area (Å²) in [6, 6.07) is 0.848. The summed E-state index contributed by atoms with van der Waals surface area (Å²) in [6.45, 7) is 2.37. The Labute approximate surface area is 170 Å². The van der Waals surface area contributed by atoms with Gasteiger partial charge in [0, 0.05) is 32.6 Å². The molecule has 3 N–H and O–H groups in total. The number of carbonyl (C=O) groups excluding carboxylic acids is 1. The monoisotopic (exact) mass is 454 g/mol. The van der Waals surface area contributed by atoms with Gasteiger partial charge in [-0.1, -0.05) is 0 Å². The van der Waals surface area contributed by atoms with Crippen LogP contribution in [0.5, 0.6) is 0 Å². The quantitative estimate of drug-likeness (QED) is 0.602. The van der Waals surface area contributed by atoms with Crippen molar-refractivity contribution in [3.05, 3.63) is 29.8 Å². The second-order valence-corrected chi connectivity index (χ2v) is 6.46. The minimum absolute atomic E-state index is 0.0164. The molecule has 0 spiro atoms. The van der Waals surface area contributed by atoms with Gasteiger partial charge < -0.3 is 15.3 Å². The van der Waals surface area contributed by atoms with E-state index in [1.54, 1.807) is 11.9 Å². The molecule has 1 aliphatic heterocycles. The molecule has 1 amide bonds. The van der Waals surface area contributed by atoms with Gasteiger partial charge in [0.05, 0.1) is 12.4 Å². The van der Waals surface area contributed by atoms with Crippen molar-refractivity contribution in [2.75, 3.05) is 26.7 Å². The number of aliphatic carboxylic acids is 1. The molecule has 1 fully saturated rings. The number of H-pyrrole nitrogens is 1. The summed E-state index contributed by atoms with van der Waals surface area (Å²) >= 11 is 0. The van der Waals surface area contributed by atoms with E-state index >= 15 is 0 Å². The molecule has 0 saturated carbocycles. The Morgan fingerprint density at radius 3 is 2.13 bits per heavy atom. The van der Waals surface area contributed by atoms with Gasteiger partial charge in [0.15, 0.2) is 0 Å². The van der Waals surface area contributed by atoms with Crippen molar-refractivity contribution in [3.8, 4) is 11.4 Å². The van der Waals surface area contributed by atoms with Crippen molar-refractivity contribution in [2.45, 2.75) is 12.4 Å². The molecule has 0 atom stereocenters. The second kappa shape index (κ2) is 9.28. The molecule has 1 saturated heterocycles. The summed E-state index contributed by atoms with van der Waals surface area (Å²) in [4.78, 5) is 30.7. The molecule has 2 aromatic rings. The van der Waals surface area contributed by atoms with Crippen molar-refractivity contribution >= 4 is 11.9 Å². The Kier molecular flexibility index (Phi) is 7.20. The van der Waals surface area contributed by atoms with Gasteiger partial charge in [-0.2, -0.15) is 31.4 Å². The minimum Gasteiger partial charge on any atom is -0.475 e. The highest BCUT2D eigenvalue weighted by atomic mass is 19.4. The molecule has 0 unspecified atom stereocenters. The molecular weight excluding hydrogens is 438 g/mol. The fraction of sp³-hybridized carbons (Fsp3) is 0.438. The van der Waals surface area contributed by atoms with Crippen molar-refractivity contribution in [2.24, 2.45) is 5.92 Å². The van der Waals surface area contributed by atoms with Gasteiger partial charge in [-0.3, -0.25) is 14.9 Å². The summed E-state index contributed by atoms with van der Waals surface area (Å²) in [7, 11) is 1.68. The molecule has 0 bridgehead atoms. The number of carboxylic acids is 1. The molecule has 0 aromatic carbocycles. The maximum atomic E-state index is 12.6. The lowest BCUT2D eigenvalue weighted by Crippen LogP contribution is -2.48. The van der Waals surface area contributed by atoms with E-state index in [9.17, 15) is 31.1 Å². The molecular formula is C16H16F6N6O3. The zero-order valence-corrected chi connectivity index (χ0v) is 15.8. The molecule has 170 valence electrons. The average Bonchev–Trinajstić information content (AvgIpc) is 3.14. The fourth-order valence-electron chi connectivity index (χ4n) is 2.31. The summed E-state index contributed by atoms with van der Waals surface area (Å²) < 4.78 is 69.4. The van der Waals surface area contributed by atoms with E-state index in [4.69, 9.17) is 9.90 Å². The van der Waals surface area contributed by atoms with E-state index in [0.717, 1.165) is 19.2 Å². The van der Waals surface area contributed by atoms with E-state index < -0.39 is 24.0 Å². The van der Waals surface area contributed by atoms with Crippen LogP contribution in [0.4, 0.5) is 26.3 Å². The average molecular weight is 454 g/mol. The van der Waals surface area contributed by atoms with Crippen LogP contribution in [0.25, 0.3) is 11.4 Å². The van der Waals surface area contributed by atoms with Gasteiger partial charge in [-0.15, -0.1) is 0 Å². The van der Waals surface area contributed by atoms with E-state index in [2.05, 4.69) is 20.4 Å². The smallest absolute Gasteiger partial charge is 0.475 e. The van der Waals surface area contributed by atoms with Gasteiger partial charge in [-0.05, 0) is 6.07 Å². The first-order chi connectivity index (χ1) is 14.3. The number of carboxylic acid groups (broad SMARTS) is 1. The molecule has 1 aliphatic rings. The second-order valence-electron chi connectivity index (χ2n) is 6.46. The number of aromatic amines is 1. The highest BCUT2D eigenvalue weighted by Crippen LogP contribution is 2.29. The molecule has 2 aromatic heterocycles. The third-order valence-corrected chi connectivity index (χ3v) is 4.00. The number of rotatable bonds is 4. The Morgan fingerprint density at radius 1 is 1.13 bits per heavy atom. The Balaban J connectivity index is 0.000000423. The molecule has 31 heavy (non-hydrogen) atoms. The zero-order chi connectivity index (χ0) is 23.4. The van der Waals surface area contributed by atoms with Crippen LogP contribution in [0.1, 0.15) is 16.2 Å². The van der Waals surface area contributed by atoms with Crippen LogP contribution in [0.15, 0.2) is 18.5 Å². The number of nitrogens with zero attached hydrogens (tertiary/aromatic N) is 4. The third-order valence-electron chi connectivity index (χ3n) is 4.00. The minimum atomic E-state index is -5.08. The number of nitrogens with one attached hydrogen (secondary N) is 2. The summed E-state index contributed by atoms with van der Waals surface area (Å²) in [5.74, 6) is -2.61. The summed E-state index contributed by atoms with van der Waals surface area (Å²) in [5.41, 5.74) is -0.653. The first kappa shape index (κ1) is 24.0. The highest BCUT2D eigenvalue weighted by Gasteiger charge is 2.38. The highest BCUT2D eigenvalue weighted by molar-refractivity contribution is 5.92. The van der Waals surface area contributed by atoms with Gasteiger partial charge in [0.2, 0.25) is 0 Å². The molecule has 15 heteroatoms. The number of hydrogen-bond donors (Lipinski definition) is 3. The normalized spacial score (nSPS) is 14.3. The van der Waals surface area contributed by atoms with Crippen LogP contribution in [0, 0.1) is 5.92 Å². The van der Waals surface area contributed by atoms with Crippen molar-refractivity contribution in [3.63, 3.8) is 0 Å². The topological polar surface area (TPSA) is 124 Å². The first-order valence-corrected chi connectivity index (χ1v) is 8.50. The van der Waals surface area contributed by atoms with Crippen LogP contribution in [0.3, 0.4) is 0 Å². The first-order valence-electron chi connectivity index (χ1n) is 8.50. The molecule has 3 rings (SSSR count).